The highest BCUT2D eigenvalue weighted by atomic mass is 32.2. The zero-order valence-corrected chi connectivity index (χ0v) is 14.9. The van der Waals surface area contributed by atoms with Crippen molar-refractivity contribution < 1.29 is 13.2 Å². The summed E-state index contributed by atoms with van der Waals surface area (Å²) in [5, 5.41) is 8.31. The summed E-state index contributed by atoms with van der Waals surface area (Å²) in [6.07, 6.45) is 1.12. The Bertz CT molecular complexity index is 936. The van der Waals surface area contributed by atoms with Crippen LogP contribution in [0.2, 0.25) is 0 Å². The standard InChI is InChI=1S/C19H19N3O3S/c20-13-15-6-4-7-16(12-15)19(23)22-11-5-10-18(14-22)26(24,25)21-17-8-2-1-3-9-17/h1-4,6-9,12,18,21H,5,10-11,14H2/t18-/m1/s1. The number of nitrogens with zero attached hydrogens (tertiary/aromatic N) is 2. The first kappa shape index (κ1) is 18.0. The van der Waals surface area contributed by atoms with Gasteiger partial charge in [0.15, 0.2) is 0 Å². The third-order valence-corrected chi connectivity index (χ3v) is 6.16. The normalized spacial score (nSPS) is 17.3. The number of piperidine rings is 1. The molecule has 7 heteroatoms. The maximum absolute atomic E-state index is 12.7. The molecule has 1 saturated heterocycles. The van der Waals surface area contributed by atoms with E-state index in [1.165, 1.54) is 6.07 Å². The average Bonchev–Trinajstić information content (AvgIpc) is 2.68. The summed E-state index contributed by atoms with van der Waals surface area (Å²) < 4.78 is 27.9. The molecular weight excluding hydrogens is 350 g/mol. The summed E-state index contributed by atoms with van der Waals surface area (Å²) in [6.45, 7) is 0.644. The quantitative estimate of drug-likeness (QED) is 0.897. The number of nitriles is 1. The van der Waals surface area contributed by atoms with E-state index in [1.807, 2.05) is 12.1 Å². The van der Waals surface area contributed by atoms with Crippen molar-refractivity contribution in [1.82, 2.24) is 4.90 Å². The van der Waals surface area contributed by atoms with Crippen LogP contribution >= 0.6 is 0 Å². The van der Waals surface area contributed by atoms with E-state index >= 15 is 0 Å². The van der Waals surface area contributed by atoms with Crippen LogP contribution in [0.3, 0.4) is 0 Å². The lowest BCUT2D eigenvalue weighted by molar-refractivity contribution is 0.0727. The van der Waals surface area contributed by atoms with Crippen LogP contribution in [0, 0.1) is 11.3 Å². The molecule has 1 fully saturated rings. The molecule has 0 aliphatic carbocycles. The van der Waals surface area contributed by atoms with Crippen LogP contribution < -0.4 is 4.72 Å². The lowest BCUT2D eigenvalue weighted by Crippen LogP contribution is -2.46. The van der Waals surface area contributed by atoms with Crippen LogP contribution in [0.15, 0.2) is 54.6 Å². The first-order chi connectivity index (χ1) is 12.5. The van der Waals surface area contributed by atoms with Gasteiger partial charge in [-0.15, -0.1) is 0 Å². The first-order valence-electron chi connectivity index (χ1n) is 8.36. The number of carbonyl (C=O) groups excluding carboxylic acids is 1. The van der Waals surface area contributed by atoms with Gasteiger partial charge in [0.05, 0.1) is 16.9 Å². The lowest BCUT2D eigenvalue weighted by atomic mass is 10.1. The summed E-state index contributed by atoms with van der Waals surface area (Å²) in [5.41, 5.74) is 1.32. The van der Waals surface area contributed by atoms with Crippen molar-refractivity contribution in [3.05, 3.63) is 65.7 Å². The van der Waals surface area contributed by atoms with E-state index in [2.05, 4.69) is 4.72 Å². The fraction of sp³-hybridized carbons (Fsp3) is 0.263. The number of carbonyl (C=O) groups is 1. The van der Waals surface area contributed by atoms with E-state index in [-0.39, 0.29) is 12.5 Å². The number of sulfonamides is 1. The molecule has 1 heterocycles. The number of nitrogens with one attached hydrogen (secondary N) is 1. The number of likely N-dealkylation sites (tertiary alicyclic amines) is 1. The largest absolute Gasteiger partial charge is 0.337 e. The van der Waals surface area contributed by atoms with Crippen LogP contribution in [0.5, 0.6) is 0 Å². The van der Waals surface area contributed by atoms with Gasteiger partial charge >= 0.3 is 0 Å². The Labute approximate surface area is 153 Å². The Morgan fingerprint density at radius 2 is 1.92 bits per heavy atom. The van der Waals surface area contributed by atoms with Crippen LogP contribution in [-0.2, 0) is 10.0 Å². The molecule has 1 aliphatic rings. The molecule has 0 saturated carbocycles. The van der Waals surface area contributed by atoms with Gasteiger partial charge in [0, 0.05) is 24.3 Å². The predicted molar refractivity (Wildman–Crippen MR) is 99.1 cm³/mol. The number of para-hydroxylation sites is 1. The fourth-order valence-electron chi connectivity index (χ4n) is 3.03. The average molecular weight is 369 g/mol. The van der Waals surface area contributed by atoms with Gasteiger partial charge in [-0.2, -0.15) is 5.26 Å². The van der Waals surface area contributed by atoms with Crippen LogP contribution in [0.1, 0.15) is 28.8 Å². The van der Waals surface area contributed by atoms with Crippen molar-refractivity contribution in [2.24, 2.45) is 0 Å². The lowest BCUT2D eigenvalue weighted by Gasteiger charge is -2.32. The molecule has 1 amide bonds. The van der Waals surface area contributed by atoms with Gasteiger partial charge in [-0.25, -0.2) is 8.42 Å². The number of anilines is 1. The molecule has 134 valence electrons. The SMILES string of the molecule is N#Cc1cccc(C(=O)N2CCC[C@@H](S(=O)(=O)Nc3ccccc3)C2)c1. The van der Waals surface area contributed by atoms with Crippen molar-refractivity contribution in [1.29, 1.82) is 5.26 Å². The van der Waals surface area contributed by atoms with Crippen LogP contribution in [-0.4, -0.2) is 37.6 Å². The number of hydrogen-bond acceptors (Lipinski definition) is 4. The number of rotatable bonds is 4. The van der Waals surface area contributed by atoms with Gasteiger partial charge in [-0.1, -0.05) is 24.3 Å². The molecule has 0 aromatic heterocycles. The third kappa shape index (κ3) is 4.03. The Balaban J connectivity index is 1.74. The van der Waals surface area contributed by atoms with Gasteiger partial charge in [0.25, 0.3) is 5.91 Å². The number of amides is 1. The van der Waals surface area contributed by atoms with E-state index in [9.17, 15) is 13.2 Å². The summed E-state index contributed by atoms with van der Waals surface area (Å²) in [4.78, 5) is 14.3. The highest BCUT2D eigenvalue weighted by Gasteiger charge is 2.33. The third-order valence-electron chi connectivity index (χ3n) is 4.38. The Kier molecular flexibility index (Phi) is 5.24. The highest BCUT2D eigenvalue weighted by molar-refractivity contribution is 7.93. The summed E-state index contributed by atoms with van der Waals surface area (Å²) in [7, 11) is -3.59. The number of hydrogen-bond donors (Lipinski definition) is 1. The van der Waals surface area contributed by atoms with E-state index in [0.29, 0.717) is 36.2 Å². The zero-order valence-electron chi connectivity index (χ0n) is 14.1. The van der Waals surface area contributed by atoms with Gasteiger partial charge in [-0.05, 0) is 43.2 Å². The number of benzene rings is 2. The monoisotopic (exact) mass is 369 g/mol. The molecule has 0 unspecified atom stereocenters. The second-order valence-electron chi connectivity index (χ2n) is 6.22. The fourth-order valence-corrected chi connectivity index (χ4v) is 4.52. The summed E-state index contributed by atoms with van der Waals surface area (Å²) in [6, 6.07) is 17.2. The maximum Gasteiger partial charge on any atom is 0.253 e. The van der Waals surface area contributed by atoms with E-state index in [4.69, 9.17) is 5.26 Å². The first-order valence-corrected chi connectivity index (χ1v) is 9.90. The van der Waals surface area contributed by atoms with Gasteiger partial charge < -0.3 is 4.90 Å². The molecule has 2 aromatic rings. The minimum Gasteiger partial charge on any atom is -0.337 e. The molecule has 2 aromatic carbocycles. The van der Waals surface area contributed by atoms with E-state index in [1.54, 1.807) is 47.4 Å². The van der Waals surface area contributed by atoms with Crippen molar-refractivity contribution in [3.8, 4) is 6.07 Å². The van der Waals surface area contributed by atoms with Gasteiger partial charge in [0.1, 0.15) is 0 Å². The second kappa shape index (κ2) is 7.58. The molecule has 0 radical (unpaired) electrons. The summed E-state index contributed by atoms with van der Waals surface area (Å²) >= 11 is 0. The smallest absolute Gasteiger partial charge is 0.253 e. The predicted octanol–water partition coefficient (Wildman–Crippen LogP) is 2.60. The second-order valence-corrected chi connectivity index (χ2v) is 8.18. The van der Waals surface area contributed by atoms with Gasteiger partial charge in [0.2, 0.25) is 10.0 Å². The van der Waals surface area contributed by atoms with Gasteiger partial charge in [-0.3, -0.25) is 9.52 Å². The van der Waals surface area contributed by atoms with E-state index in [0.717, 1.165) is 0 Å². The van der Waals surface area contributed by atoms with Crippen molar-refractivity contribution in [2.75, 3.05) is 17.8 Å². The molecule has 0 spiro atoms. The Hall–Kier alpha value is -2.85. The minimum absolute atomic E-state index is 0.137. The zero-order chi connectivity index (χ0) is 18.6. The van der Waals surface area contributed by atoms with Crippen molar-refractivity contribution in [3.63, 3.8) is 0 Å². The van der Waals surface area contributed by atoms with Crippen LogP contribution in [0.4, 0.5) is 5.69 Å². The van der Waals surface area contributed by atoms with Crippen molar-refractivity contribution >= 4 is 21.6 Å². The van der Waals surface area contributed by atoms with E-state index < -0.39 is 15.3 Å². The maximum atomic E-state index is 12.7. The molecule has 1 atom stereocenters. The Morgan fingerprint density at radius 3 is 2.65 bits per heavy atom. The van der Waals surface area contributed by atoms with Crippen molar-refractivity contribution in [2.45, 2.75) is 18.1 Å². The molecule has 1 N–H and O–H groups in total. The minimum atomic E-state index is -3.59. The molecule has 1 aliphatic heterocycles. The topological polar surface area (TPSA) is 90.3 Å². The molecular formula is C19H19N3O3S. The van der Waals surface area contributed by atoms with Crippen LogP contribution in [0.25, 0.3) is 0 Å². The molecule has 0 bridgehead atoms. The highest BCUT2D eigenvalue weighted by Crippen LogP contribution is 2.21. The molecule has 3 rings (SSSR count). The summed E-state index contributed by atoms with van der Waals surface area (Å²) in [5.74, 6) is -0.248. The Morgan fingerprint density at radius 1 is 1.15 bits per heavy atom. The molecule has 6 nitrogen and oxygen atoms in total. The molecule has 26 heavy (non-hydrogen) atoms.